The number of carbonyl (C=O) groups is 1. The van der Waals surface area contributed by atoms with E-state index in [0.29, 0.717) is 0 Å². The van der Waals surface area contributed by atoms with Gasteiger partial charge in [-0.15, -0.1) is 0 Å². The monoisotopic (exact) mass is 204 g/mol. The quantitative estimate of drug-likeness (QED) is 0.801. The Bertz CT molecular complexity index is 446. The molecular formula is C11H9FN2O. The van der Waals surface area contributed by atoms with Crippen LogP contribution in [0.15, 0.2) is 18.2 Å². The van der Waals surface area contributed by atoms with E-state index in [2.05, 4.69) is 5.32 Å². The lowest BCUT2D eigenvalue weighted by atomic mass is 10.2. The molecule has 1 aliphatic carbocycles. The Morgan fingerprint density at radius 2 is 2.27 bits per heavy atom. The molecule has 0 heterocycles. The van der Waals surface area contributed by atoms with Gasteiger partial charge in [0.15, 0.2) is 5.82 Å². The third-order valence-electron chi connectivity index (χ3n) is 2.33. The normalized spacial score (nSPS) is 14.4. The molecule has 1 saturated carbocycles. The summed E-state index contributed by atoms with van der Waals surface area (Å²) in [5.41, 5.74) is 0.0366. The van der Waals surface area contributed by atoms with Crippen molar-refractivity contribution in [3.63, 3.8) is 0 Å². The van der Waals surface area contributed by atoms with E-state index < -0.39 is 5.82 Å². The van der Waals surface area contributed by atoms with Crippen molar-refractivity contribution in [2.45, 2.75) is 12.8 Å². The maximum Gasteiger partial charge on any atom is 0.227 e. The van der Waals surface area contributed by atoms with E-state index in [9.17, 15) is 9.18 Å². The minimum Gasteiger partial charge on any atom is -0.323 e. The van der Waals surface area contributed by atoms with Crippen molar-refractivity contribution >= 4 is 11.6 Å². The van der Waals surface area contributed by atoms with Crippen molar-refractivity contribution in [2.24, 2.45) is 5.92 Å². The van der Waals surface area contributed by atoms with Gasteiger partial charge in [-0.1, -0.05) is 6.07 Å². The van der Waals surface area contributed by atoms with Gasteiger partial charge >= 0.3 is 0 Å². The summed E-state index contributed by atoms with van der Waals surface area (Å²) in [6, 6.07) is 6.11. The summed E-state index contributed by atoms with van der Waals surface area (Å²) in [5, 5.41) is 11.1. The van der Waals surface area contributed by atoms with Crippen LogP contribution in [-0.2, 0) is 4.79 Å². The molecule has 76 valence electrons. The molecule has 0 aliphatic heterocycles. The largest absolute Gasteiger partial charge is 0.323 e. The first-order chi connectivity index (χ1) is 7.22. The van der Waals surface area contributed by atoms with Crippen LogP contribution in [-0.4, -0.2) is 5.91 Å². The summed E-state index contributed by atoms with van der Waals surface area (Å²) in [6.45, 7) is 0. The minimum atomic E-state index is -0.658. The van der Waals surface area contributed by atoms with Gasteiger partial charge in [0.05, 0.1) is 11.3 Å². The molecule has 1 aromatic carbocycles. The number of nitrogens with one attached hydrogen (secondary N) is 1. The molecule has 0 aromatic heterocycles. The molecule has 1 N–H and O–H groups in total. The molecule has 1 aromatic rings. The van der Waals surface area contributed by atoms with E-state index >= 15 is 0 Å². The lowest BCUT2D eigenvalue weighted by Gasteiger charge is -2.05. The summed E-state index contributed by atoms with van der Waals surface area (Å²) >= 11 is 0. The minimum absolute atomic E-state index is 0.0233. The predicted molar refractivity (Wildman–Crippen MR) is 52.5 cm³/mol. The third-order valence-corrected chi connectivity index (χ3v) is 2.33. The predicted octanol–water partition coefficient (Wildman–Crippen LogP) is 2.05. The molecule has 0 atom stereocenters. The number of amides is 1. The van der Waals surface area contributed by atoms with Crippen molar-refractivity contribution in [2.75, 3.05) is 5.32 Å². The summed E-state index contributed by atoms with van der Waals surface area (Å²) in [7, 11) is 0. The fourth-order valence-electron chi connectivity index (χ4n) is 1.30. The Morgan fingerprint density at radius 1 is 1.53 bits per heavy atom. The van der Waals surface area contributed by atoms with Crippen molar-refractivity contribution in [3.05, 3.63) is 29.6 Å². The van der Waals surface area contributed by atoms with Gasteiger partial charge in [0.2, 0.25) is 5.91 Å². The van der Waals surface area contributed by atoms with Gasteiger partial charge in [0, 0.05) is 5.92 Å². The molecule has 1 fully saturated rings. The molecule has 0 unspecified atom stereocenters. The van der Waals surface area contributed by atoms with Gasteiger partial charge < -0.3 is 5.32 Å². The number of benzene rings is 1. The number of hydrogen-bond donors (Lipinski definition) is 1. The first-order valence-corrected chi connectivity index (χ1v) is 4.72. The van der Waals surface area contributed by atoms with Gasteiger partial charge in [0.1, 0.15) is 6.07 Å². The highest BCUT2D eigenvalue weighted by Gasteiger charge is 2.30. The van der Waals surface area contributed by atoms with Crippen molar-refractivity contribution in [1.82, 2.24) is 0 Å². The van der Waals surface area contributed by atoms with Crippen LogP contribution in [0, 0.1) is 23.1 Å². The average Bonchev–Trinajstić information content (AvgIpc) is 3.04. The third kappa shape index (κ3) is 1.96. The molecule has 0 radical (unpaired) electrons. The average molecular weight is 204 g/mol. The number of rotatable bonds is 2. The Labute approximate surface area is 86.5 Å². The number of anilines is 1. The molecular weight excluding hydrogens is 195 g/mol. The van der Waals surface area contributed by atoms with Gasteiger partial charge in [-0.3, -0.25) is 4.79 Å². The van der Waals surface area contributed by atoms with Crippen LogP contribution in [0.2, 0.25) is 0 Å². The summed E-state index contributed by atoms with van der Waals surface area (Å²) in [4.78, 5) is 11.4. The van der Waals surface area contributed by atoms with Gasteiger partial charge in [0.25, 0.3) is 0 Å². The van der Waals surface area contributed by atoms with Crippen LogP contribution >= 0.6 is 0 Å². The topological polar surface area (TPSA) is 52.9 Å². The van der Waals surface area contributed by atoms with E-state index in [1.165, 1.54) is 12.1 Å². The zero-order valence-corrected chi connectivity index (χ0v) is 7.96. The SMILES string of the molecule is N#Cc1cccc(NC(=O)C2CC2)c1F. The van der Waals surface area contributed by atoms with E-state index in [1.807, 2.05) is 0 Å². The van der Waals surface area contributed by atoms with Crippen LogP contribution in [0.3, 0.4) is 0 Å². The number of nitrogens with zero attached hydrogens (tertiary/aromatic N) is 1. The highest BCUT2D eigenvalue weighted by atomic mass is 19.1. The molecule has 0 bridgehead atoms. The van der Waals surface area contributed by atoms with Crippen LogP contribution in [0.1, 0.15) is 18.4 Å². The van der Waals surface area contributed by atoms with E-state index in [4.69, 9.17) is 5.26 Å². The zero-order chi connectivity index (χ0) is 10.8. The summed E-state index contributed by atoms with van der Waals surface area (Å²) < 4.78 is 13.5. The molecule has 2 rings (SSSR count). The summed E-state index contributed by atoms with van der Waals surface area (Å²) in [5.74, 6) is -0.798. The summed E-state index contributed by atoms with van der Waals surface area (Å²) in [6.07, 6.45) is 1.73. The number of halogens is 1. The van der Waals surface area contributed by atoms with E-state index in [-0.39, 0.29) is 23.1 Å². The second-order valence-corrected chi connectivity index (χ2v) is 3.54. The Balaban J connectivity index is 2.21. The van der Waals surface area contributed by atoms with Crippen LogP contribution in [0.4, 0.5) is 10.1 Å². The van der Waals surface area contributed by atoms with E-state index in [0.717, 1.165) is 12.8 Å². The Hall–Kier alpha value is -1.89. The second-order valence-electron chi connectivity index (χ2n) is 3.54. The maximum absolute atomic E-state index is 13.5. The highest BCUT2D eigenvalue weighted by molar-refractivity contribution is 5.94. The lowest BCUT2D eigenvalue weighted by molar-refractivity contribution is -0.117. The number of nitriles is 1. The van der Waals surface area contributed by atoms with Crippen LogP contribution in [0.25, 0.3) is 0 Å². The highest BCUT2D eigenvalue weighted by Crippen LogP contribution is 2.30. The Morgan fingerprint density at radius 3 is 2.87 bits per heavy atom. The zero-order valence-electron chi connectivity index (χ0n) is 7.96. The molecule has 0 spiro atoms. The molecule has 4 heteroatoms. The maximum atomic E-state index is 13.5. The fourth-order valence-corrected chi connectivity index (χ4v) is 1.30. The first-order valence-electron chi connectivity index (χ1n) is 4.72. The van der Waals surface area contributed by atoms with Crippen molar-refractivity contribution in [3.8, 4) is 6.07 Å². The standard InChI is InChI=1S/C11H9FN2O/c12-10-8(6-13)2-1-3-9(10)14-11(15)7-4-5-7/h1-3,7H,4-5H2,(H,14,15). The van der Waals surface area contributed by atoms with Gasteiger partial charge in [-0.25, -0.2) is 4.39 Å². The van der Waals surface area contributed by atoms with Crippen molar-refractivity contribution < 1.29 is 9.18 Å². The van der Waals surface area contributed by atoms with Gasteiger partial charge in [-0.2, -0.15) is 5.26 Å². The smallest absolute Gasteiger partial charge is 0.227 e. The van der Waals surface area contributed by atoms with Gasteiger partial charge in [-0.05, 0) is 25.0 Å². The number of carbonyl (C=O) groups excluding carboxylic acids is 1. The first kappa shape index (κ1) is 9.66. The molecule has 3 nitrogen and oxygen atoms in total. The lowest BCUT2D eigenvalue weighted by Crippen LogP contribution is -2.14. The Kier molecular flexibility index (Phi) is 2.38. The molecule has 1 amide bonds. The number of hydrogen-bond acceptors (Lipinski definition) is 2. The van der Waals surface area contributed by atoms with Crippen molar-refractivity contribution in [1.29, 1.82) is 5.26 Å². The fraction of sp³-hybridized carbons (Fsp3) is 0.273. The second kappa shape index (κ2) is 3.70. The van der Waals surface area contributed by atoms with E-state index in [1.54, 1.807) is 12.1 Å². The van der Waals surface area contributed by atoms with Crippen LogP contribution in [0.5, 0.6) is 0 Å². The molecule has 1 aliphatic rings. The molecule has 15 heavy (non-hydrogen) atoms. The molecule has 0 saturated heterocycles. The van der Waals surface area contributed by atoms with Crippen LogP contribution < -0.4 is 5.32 Å².